The van der Waals surface area contributed by atoms with Crippen molar-refractivity contribution in [3.05, 3.63) is 46.2 Å². The Morgan fingerprint density at radius 2 is 2.00 bits per heavy atom. The van der Waals surface area contributed by atoms with Crippen LogP contribution in [0.1, 0.15) is 30.3 Å². The van der Waals surface area contributed by atoms with E-state index in [4.69, 9.17) is 4.74 Å². The molecule has 0 aliphatic rings. The fourth-order valence-corrected chi connectivity index (χ4v) is 3.09. The summed E-state index contributed by atoms with van der Waals surface area (Å²) in [4.78, 5) is 1.36. The van der Waals surface area contributed by atoms with Crippen molar-refractivity contribution in [2.45, 2.75) is 26.8 Å². The van der Waals surface area contributed by atoms with E-state index >= 15 is 0 Å². The van der Waals surface area contributed by atoms with Gasteiger partial charge in [0.05, 0.1) is 18.8 Å². The standard InChI is InChI=1S/C16H21NOS/c1-11(2)16(15-6-5-9-19-15)17-13-10-12(3)7-8-14(13)18-4/h5-11,16-17H,1-4H3. The molecule has 0 aliphatic heterocycles. The first-order valence-electron chi connectivity index (χ1n) is 6.56. The summed E-state index contributed by atoms with van der Waals surface area (Å²) in [5.41, 5.74) is 2.30. The van der Waals surface area contributed by atoms with Gasteiger partial charge in [-0.05, 0) is 42.0 Å². The number of nitrogens with one attached hydrogen (secondary N) is 1. The van der Waals surface area contributed by atoms with Crippen LogP contribution in [0.15, 0.2) is 35.7 Å². The van der Waals surface area contributed by atoms with Crippen LogP contribution in [0.5, 0.6) is 5.75 Å². The van der Waals surface area contributed by atoms with E-state index in [9.17, 15) is 0 Å². The lowest BCUT2D eigenvalue weighted by molar-refractivity contribution is 0.415. The van der Waals surface area contributed by atoms with Crippen LogP contribution in [0, 0.1) is 12.8 Å². The van der Waals surface area contributed by atoms with Gasteiger partial charge in [0, 0.05) is 4.88 Å². The molecule has 1 atom stereocenters. The van der Waals surface area contributed by atoms with E-state index in [1.807, 2.05) is 6.07 Å². The van der Waals surface area contributed by atoms with Gasteiger partial charge < -0.3 is 10.1 Å². The monoisotopic (exact) mass is 275 g/mol. The number of anilines is 1. The summed E-state index contributed by atoms with van der Waals surface area (Å²) >= 11 is 1.79. The molecule has 1 unspecified atom stereocenters. The summed E-state index contributed by atoms with van der Waals surface area (Å²) in [6, 6.07) is 10.8. The second-order valence-electron chi connectivity index (χ2n) is 5.09. The van der Waals surface area contributed by atoms with Crippen LogP contribution < -0.4 is 10.1 Å². The van der Waals surface area contributed by atoms with Crippen molar-refractivity contribution in [3.63, 3.8) is 0 Å². The molecular formula is C16H21NOS. The summed E-state index contributed by atoms with van der Waals surface area (Å²) in [5.74, 6) is 1.41. The Balaban J connectivity index is 2.29. The van der Waals surface area contributed by atoms with Crippen LogP contribution in [-0.4, -0.2) is 7.11 Å². The molecule has 0 aliphatic carbocycles. The van der Waals surface area contributed by atoms with E-state index in [0.29, 0.717) is 12.0 Å². The van der Waals surface area contributed by atoms with Gasteiger partial charge in [-0.25, -0.2) is 0 Å². The van der Waals surface area contributed by atoms with E-state index in [2.05, 4.69) is 55.7 Å². The highest BCUT2D eigenvalue weighted by molar-refractivity contribution is 7.10. The highest BCUT2D eigenvalue weighted by atomic mass is 32.1. The van der Waals surface area contributed by atoms with Gasteiger partial charge in [-0.15, -0.1) is 11.3 Å². The maximum Gasteiger partial charge on any atom is 0.141 e. The largest absolute Gasteiger partial charge is 0.495 e. The fraction of sp³-hybridized carbons (Fsp3) is 0.375. The molecule has 3 heteroatoms. The molecule has 1 aromatic carbocycles. The zero-order chi connectivity index (χ0) is 13.8. The van der Waals surface area contributed by atoms with Crippen molar-refractivity contribution in [1.82, 2.24) is 0 Å². The van der Waals surface area contributed by atoms with Crippen molar-refractivity contribution >= 4 is 17.0 Å². The molecule has 0 radical (unpaired) electrons. The Kier molecular flexibility index (Phi) is 4.48. The predicted molar refractivity (Wildman–Crippen MR) is 83.3 cm³/mol. The van der Waals surface area contributed by atoms with E-state index in [1.165, 1.54) is 10.4 Å². The van der Waals surface area contributed by atoms with Gasteiger partial charge in [-0.1, -0.05) is 26.0 Å². The zero-order valence-electron chi connectivity index (χ0n) is 11.9. The Morgan fingerprint density at radius 3 is 2.58 bits per heavy atom. The summed E-state index contributed by atoms with van der Waals surface area (Å²) in [7, 11) is 1.71. The predicted octanol–water partition coefficient (Wildman–Crippen LogP) is 4.87. The molecule has 2 nitrogen and oxygen atoms in total. The minimum atomic E-state index is 0.315. The van der Waals surface area contributed by atoms with Crippen LogP contribution in [0.3, 0.4) is 0 Å². The van der Waals surface area contributed by atoms with E-state index in [-0.39, 0.29) is 0 Å². The molecule has 1 aromatic heterocycles. The molecule has 0 saturated carbocycles. The SMILES string of the molecule is COc1ccc(C)cc1NC(c1cccs1)C(C)C. The van der Waals surface area contributed by atoms with Crippen molar-refractivity contribution < 1.29 is 4.74 Å². The van der Waals surface area contributed by atoms with E-state index < -0.39 is 0 Å². The molecule has 0 bridgehead atoms. The van der Waals surface area contributed by atoms with Gasteiger partial charge in [0.2, 0.25) is 0 Å². The first-order chi connectivity index (χ1) is 9.11. The number of hydrogen-bond donors (Lipinski definition) is 1. The van der Waals surface area contributed by atoms with Crippen molar-refractivity contribution in [2.75, 3.05) is 12.4 Å². The Labute approximate surface area is 119 Å². The van der Waals surface area contributed by atoms with Gasteiger partial charge in [-0.2, -0.15) is 0 Å². The lowest BCUT2D eigenvalue weighted by atomic mass is 10.0. The quantitative estimate of drug-likeness (QED) is 0.840. The highest BCUT2D eigenvalue weighted by Gasteiger charge is 2.18. The Bertz CT molecular complexity index is 520. The molecule has 2 rings (SSSR count). The van der Waals surface area contributed by atoms with Crippen LogP contribution in [0.25, 0.3) is 0 Å². The van der Waals surface area contributed by atoms with E-state index in [1.54, 1.807) is 18.4 Å². The van der Waals surface area contributed by atoms with Crippen molar-refractivity contribution in [1.29, 1.82) is 0 Å². The molecule has 0 fully saturated rings. The van der Waals surface area contributed by atoms with Crippen molar-refractivity contribution in [3.8, 4) is 5.75 Å². The molecular weight excluding hydrogens is 254 g/mol. The van der Waals surface area contributed by atoms with Crippen LogP contribution in [0.2, 0.25) is 0 Å². The van der Waals surface area contributed by atoms with Crippen molar-refractivity contribution in [2.24, 2.45) is 5.92 Å². The number of hydrogen-bond acceptors (Lipinski definition) is 3. The lowest BCUT2D eigenvalue weighted by Gasteiger charge is -2.24. The van der Waals surface area contributed by atoms with Gasteiger partial charge in [-0.3, -0.25) is 0 Å². The van der Waals surface area contributed by atoms with E-state index in [0.717, 1.165) is 11.4 Å². The molecule has 19 heavy (non-hydrogen) atoms. The zero-order valence-corrected chi connectivity index (χ0v) is 12.8. The first kappa shape index (κ1) is 13.9. The van der Waals surface area contributed by atoms with Crippen LogP contribution >= 0.6 is 11.3 Å². The molecule has 0 amide bonds. The first-order valence-corrected chi connectivity index (χ1v) is 7.44. The second-order valence-corrected chi connectivity index (χ2v) is 6.06. The lowest BCUT2D eigenvalue weighted by Crippen LogP contribution is -2.16. The Hall–Kier alpha value is -1.48. The third-order valence-electron chi connectivity index (χ3n) is 3.18. The maximum atomic E-state index is 5.44. The van der Waals surface area contributed by atoms with Crippen LogP contribution in [0.4, 0.5) is 5.69 Å². The number of benzene rings is 1. The van der Waals surface area contributed by atoms with Gasteiger partial charge in [0.25, 0.3) is 0 Å². The molecule has 0 saturated heterocycles. The fourth-order valence-electron chi connectivity index (χ4n) is 2.14. The average Bonchev–Trinajstić information content (AvgIpc) is 2.89. The smallest absolute Gasteiger partial charge is 0.141 e. The molecule has 1 heterocycles. The summed E-state index contributed by atoms with van der Waals surface area (Å²) < 4.78 is 5.44. The molecule has 0 spiro atoms. The minimum absolute atomic E-state index is 0.315. The third kappa shape index (κ3) is 3.29. The molecule has 102 valence electrons. The number of methoxy groups -OCH3 is 1. The minimum Gasteiger partial charge on any atom is -0.495 e. The van der Waals surface area contributed by atoms with Gasteiger partial charge in [0.1, 0.15) is 5.75 Å². The number of aryl methyl sites for hydroxylation is 1. The normalized spacial score (nSPS) is 12.5. The highest BCUT2D eigenvalue weighted by Crippen LogP contribution is 2.34. The third-order valence-corrected chi connectivity index (χ3v) is 4.14. The average molecular weight is 275 g/mol. The summed E-state index contributed by atoms with van der Waals surface area (Å²) in [5, 5.41) is 5.75. The van der Waals surface area contributed by atoms with Gasteiger partial charge in [0.15, 0.2) is 0 Å². The Morgan fingerprint density at radius 1 is 1.21 bits per heavy atom. The maximum absolute atomic E-state index is 5.44. The summed E-state index contributed by atoms with van der Waals surface area (Å²) in [6.07, 6.45) is 0. The van der Waals surface area contributed by atoms with Crippen LogP contribution in [-0.2, 0) is 0 Å². The summed E-state index contributed by atoms with van der Waals surface area (Å²) in [6.45, 7) is 6.57. The number of rotatable bonds is 5. The molecule has 2 aromatic rings. The van der Waals surface area contributed by atoms with Gasteiger partial charge >= 0.3 is 0 Å². The topological polar surface area (TPSA) is 21.3 Å². The number of thiophene rings is 1. The number of ether oxygens (including phenoxy) is 1. The second kappa shape index (κ2) is 6.11. The molecule has 1 N–H and O–H groups in total.